The van der Waals surface area contributed by atoms with Crippen LogP contribution in [-0.4, -0.2) is 38.4 Å². The summed E-state index contributed by atoms with van der Waals surface area (Å²) in [6, 6.07) is 6.33. The van der Waals surface area contributed by atoms with Crippen LogP contribution in [0.1, 0.15) is 79.5 Å². The molecule has 0 saturated heterocycles. The van der Waals surface area contributed by atoms with Crippen molar-refractivity contribution in [3.05, 3.63) is 35.4 Å². The Kier molecular flexibility index (Phi) is 12.2. The summed E-state index contributed by atoms with van der Waals surface area (Å²) in [5.41, 5.74) is 0.851. The highest BCUT2D eigenvalue weighted by Gasteiger charge is 2.10. The van der Waals surface area contributed by atoms with Gasteiger partial charge in [0, 0.05) is 6.61 Å². The van der Waals surface area contributed by atoms with Crippen LogP contribution in [0, 0.1) is 0 Å². The zero-order chi connectivity index (χ0) is 19.0. The van der Waals surface area contributed by atoms with Crippen LogP contribution in [0.5, 0.6) is 0 Å². The van der Waals surface area contributed by atoms with Gasteiger partial charge in [-0.05, 0) is 37.6 Å². The van der Waals surface area contributed by atoms with Crippen LogP contribution in [0.2, 0.25) is 0 Å². The van der Waals surface area contributed by atoms with Crippen LogP contribution in [0.15, 0.2) is 24.3 Å². The molecule has 5 heteroatoms. The molecule has 0 atom stereocenters. The fourth-order valence-corrected chi connectivity index (χ4v) is 2.47. The first-order valence-electron chi connectivity index (χ1n) is 9.71. The van der Waals surface area contributed by atoms with E-state index in [1.165, 1.54) is 32.1 Å². The summed E-state index contributed by atoms with van der Waals surface area (Å²) in [4.78, 5) is 23.8. The van der Waals surface area contributed by atoms with Gasteiger partial charge in [0.1, 0.15) is 6.61 Å². The molecule has 146 valence electrons. The third kappa shape index (κ3) is 9.56. The molecular weight excluding hydrogens is 332 g/mol. The minimum Gasteiger partial charge on any atom is -0.462 e. The van der Waals surface area contributed by atoms with Crippen LogP contribution in [0.25, 0.3) is 0 Å². The van der Waals surface area contributed by atoms with E-state index in [1.54, 1.807) is 24.3 Å². The van der Waals surface area contributed by atoms with Crippen molar-refractivity contribution in [1.29, 1.82) is 0 Å². The van der Waals surface area contributed by atoms with Gasteiger partial charge in [-0.25, -0.2) is 9.59 Å². The lowest BCUT2D eigenvalue weighted by Crippen LogP contribution is -2.11. The quantitative estimate of drug-likeness (QED) is 0.351. The molecule has 1 aromatic carbocycles. The van der Waals surface area contributed by atoms with E-state index in [9.17, 15) is 9.59 Å². The van der Waals surface area contributed by atoms with Crippen molar-refractivity contribution in [2.24, 2.45) is 0 Å². The van der Waals surface area contributed by atoms with Crippen molar-refractivity contribution < 1.29 is 23.8 Å². The number of benzene rings is 1. The molecule has 0 fully saturated rings. The van der Waals surface area contributed by atoms with Gasteiger partial charge in [-0.2, -0.15) is 0 Å². The predicted octanol–water partition coefficient (Wildman–Crippen LogP) is 4.79. The highest BCUT2D eigenvalue weighted by atomic mass is 16.6. The van der Waals surface area contributed by atoms with Crippen molar-refractivity contribution in [1.82, 2.24) is 0 Å². The first-order chi connectivity index (χ1) is 12.7. The normalized spacial score (nSPS) is 10.5. The van der Waals surface area contributed by atoms with E-state index in [4.69, 9.17) is 14.2 Å². The summed E-state index contributed by atoms with van der Waals surface area (Å²) in [6.07, 6.45) is 8.26. The molecule has 0 heterocycles. The number of carbonyl (C=O) groups excluding carboxylic acids is 2. The maximum absolute atomic E-state index is 12.0. The zero-order valence-corrected chi connectivity index (χ0v) is 16.1. The summed E-state index contributed by atoms with van der Waals surface area (Å²) < 4.78 is 15.5. The molecule has 0 unspecified atom stereocenters. The average molecular weight is 364 g/mol. The highest BCUT2D eigenvalue weighted by Crippen LogP contribution is 2.10. The molecule has 0 aliphatic carbocycles. The Labute approximate surface area is 157 Å². The summed E-state index contributed by atoms with van der Waals surface area (Å²) in [7, 11) is 0. The maximum Gasteiger partial charge on any atom is 0.338 e. The van der Waals surface area contributed by atoms with Gasteiger partial charge in [-0.1, -0.05) is 45.4 Å². The molecule has 26 heavy (non-hydrogen) atoms. The third-order valence-electron chi connectivity index (χ3n) is 4.00. The number of unbranched alkanes of at least 4 members (excludes halogenated alkanes) is 6. The summed E-state index contributed by atoms with van der Waals surface area (Å²) in [5.74, 6) is -0.778. The lowest BCUT2D eigenvalue weighted by Gasteiger charge is -2.07. The van der Waals surface area contributed by atoms with Gasteiger partial charge in [-0.15, -0.1) is 0 Å². The van der Waals surface area contributed by atoms with E-state index in [-0.39, 0.29) is 12.6 Å². The number of hydrogen-bond acceptors (Lipinski definition) is 5. The molecule has 0 bridgehead atoms. The number of esters is 2. The van der Waals surface area contributed by atoms with E-state index in [1.807, 2.05) is 6.92 Å². The van der Waals surface area contributed by atoms with Crippen LogP contribution in [0.4, 0.5) is 0 Å². The number of ether oxygens (including phenoxy) is 3. The van der Waals surface area contributed by atoms with E-state index >= 15 is 0 Å². The monoisotopic (exact) mass is 364 g/mol. The molecule has 0 aromatic heterocycles. The lowest BCUT2D eigenvalue weighted by atomic mass is 10.1. The Morgan fingerprint density at radius 3 is 1.73 bits per heavy atom. The molecule has 1 aromatic rings. The molecule has 0 amide bonds. The van der Waals surface area contributed by atoms with Gasteiger partial charge in [0.15, 0.2) is 0 Å². The molecule has 0 radical (unpaired) electrons. The van der Waals surface area contributed by atoms with E-state index in [2.05, 4.69) is 6.92 Å². The van der Waals surface area contributed by atoms with Crippen molar-refractivity contribution in [3.63, 3.8) is 0 Å². The first-order valence-corrected chi connectivity index (χ1v) is 9.71. The van der Waals surface area contributed by atoms with Gasteiger partial charge in [0.2, 0.25) is 0 Å². The Morgan fingerprint density at radius 1 is 0.692 bits per heavy atom. The van der Waals surface area contributed by atoms with Crippen molar-refractivity contribution in [2.45, 2.75) is 58.8 Å². The second kappa shape index (κ2) is 14.3. The molecular formula is C21H32O5. The smallest absolute Gasteiger partial charge is 0.338 e. The molecule has 0 saturated carbocycles. The van der Waals surface area contributed by atoms with Crippen LogP contribution in [0.3, 0.4) is 0 Å². The van der Waals surface area contributed by atoms with Crippen LogP contribution >= 0.6 is 0 Å². The minimum absolute atomic E-state index is 0.217. The van der Waals surface area contributed by atoms with Gasteiger partial charge in [-0.3, -0.25) is 0 Å². The molecule has 1 rings (SSSR count). The maximum atomic E-state index is 12.0. The molecule has 0 aliphatic heterocycles. The van der Waals surface area contributed by atoms with Crippen LogP contribution < -0.4 is 0 Å². The van der Waals surface area contributed by atoms with Gasteiger partial charge in [0.05, 0.1) is 24.3 Å². The molecule has 5 nitrogen and oxygen atoms in total. The molecule has 0 aliphatic rings. The fourth-order valence-electron chi connectivity index (χ4n) is 2.47. The third-order valence-corrected chi connectivity index (χ3v) is 4.00. The largest absolute Gasteiger partial charge is 0.462 e. The Bertz CT molecular complexity index is 510. The van der Waals surface area contributed by atoms with E-state index in [0.717, 1.165) is 12.8 Å². The standard InChI is InChI=1S/C21H32O5/c1-3-5-6-7-8-9-10-15-25-20(22)18-11-13-19(14-12-18)21(23)26-17-16-24-4-2/h11-14H,3-10,15-17H2,1-2H3. The van der Waals surface area contributed by atoms with Crippen molar-refractivity contribution in [3.8, 4) is 0 Å². The number of hydrogen-bond donors (Lipinski definition) is 0. The lowest BCUT2D eigenvalue weighted by molar-refractivity contribution is 0.0334. The SMILES string of the molecule is CCCCCCCCCOC(=O)c1ccc(C(=O)OCCOCC)cc1. The van der Waals surface area contributed by atoms with Gasteiger partial charge >= 0.3 is 11.9 Å². The predicted molar refractivity (Wildman–Crippen MR) is 101 cm³/mol. The van der Waals surface area contributed by atoms with Gasteiger partial charge in [0.25, 0.3) is 0 Å². The first kappa shape index (κ1) is 22.2. The Morgan fingerprint density at radius 2 is 1.19 bits per heavy atom. The van der Waals surface area contributed by atoms with Crippen LogP contribution in [-0.2, 0) is 14.2 Å². The van der Waals surface area contributed by atoms with Crippen molar-refractivity contribution >= 4 is 11.9 Å². The summed E-state index contributed by atoms with van der Waals surface area (Å²) in [6.45, 7) is 5.71. The average Bonchev–Trinajstić information content (AvgIpc) is 2.67. The second-order valence-electron chi connectivity index (χ2n) is 6.17. The number of rotatable bonds is 14. The molecule has 0 N–H and O–H groups in total. The highest BCUT2D eigenvalue weighted by molar-refractivity contribution is 5.93. The molecule has 0 spiro atoms. The topological polar surface area (TPSA) is 61.8 Å². The van der Waals surface area contributed by atoms with Gasteiger partial charge < -0.3 is 14.2 Å². The minimum atomic E-state index is -0.423. The van der Waals surface area contributed by atoms with E-state index < -0.39 is 5.97 Å². The van der Waals surface area contributed by atoms with Crippen molar-refractivity contribution in [2.75, 3.05) is 26.4 Å². The zero-order valence-electron chi connectivity index (χ0n) is 16.1. The Balaban J connectivity index is 2.23. The van der Waals surface area contributed by atoms with E-state index in [0.29, 0.717) is 30.9 Å². The summed E-state index contributed by atoms with van der Waals surface area (Å²) in [5, 5.41) is 0. The second-order valence-corrected chi connectivity index (χ2v) is 6.17. The number of carbonyl (C=O) groups is 2. The Hall–Kier alpha value is -1.88. The fraction of sp³-hybridized carbons (Fsp3) is 0.619. The summed E-state index contributed by atoms with van der Waals surface area (Å²) >= 11 is 0.